The molecule has 0 saturated carbocycles. The lowest BCUT2D eigenvalue weighted by Gasteiger charge is -2.12. The minimum Gasteiger partial charge on any atom is -0.385 e. The molecule has 2 atom stereocenters. The zero-order chi connectivity index (χ0) is 9.14. The summed E-state index contributed by atoms with van der Waals surface area (Å²) in [6, 6.07) is 0. The monoisotopic (exact) mass is 190 g/mol. The normalized spacial score (nSPS) is 15.9. The first-order valence-electron chi connectivity index (χ1n) is 3.47. The molecule has 1 heterocycles. The molecule has 0 bridgehead atoms. The molecule has 1 rings (SSSR count). The van der Waals surface area contributed by atoms with E-state index in [1.165, 1.54) is 6.20 Å². The third-order valence-electron chi connectivity index (χ3n) is 1.50. The summed E-state index contributed by atoms with van der Waals surface area (Å²) in [5.74, 6) is 0.255. The second-order valence-corrected chi connectivity index (χ2v) is 2.98. The largest absolute Gasteiger partial charge is 0.385 e. The summed E-state index contributed by atoms with van der Waals surface area (Å²) in [7, 11) is 0. The summed E-state index contributed by atoms with van der Waals surface area (Å²) < 4.78 is 0. The summed E-state index contributed by atoms with van der Waals surface area (Å²) in [6.07, 6.45) is 0.590. The van der Waals surface area contributed by atoms with Crippen LogP contribution in [0.2, 0.25) is 0 Å². The first-order chi connectivity index (χ1) is 5.65. The first-order valence-corrected chi connectivity index (χ1v) is 3.91. The number of imidazole rings is 1. The fourth-order valence-electron chi connectivity index (χ4n) is 0.826. The topological polar surface area (TPSA) is 101 Å². The van der Waals surface area contributed by atoms with Gasteiger partial charge in [-0.15, -0.1) is 11.6 Å². The second kappa shape index (κ2) is 3.75. The summed E-state index contributed by atoms with van der Waals surface area (Å²) in [5, 5.41) is 8.94. The van der Waals surface area contributed by atoms with Gasteiger partial charge in [0, 0.05) is 6.54 Å². The van der Waals surface area contributed by atoms with Crippen LogP contribution in [0.25, 0.3) is 0 Å². The molecular weight excluding hydrogens is 180 g/mol. The van der Waals surface area contributed by atoms with E-state index in [1.807, 2.05) is 0 Å². The van der Waals surface area contributed by atoms with E-state index in [4.69, 9.17) is 23.1 Å². The number of alkyl halides is 1. The Morgan fingerprint density at radius 3 is 2.83 bits per heavy atom. The Bertz CT molecular complexity index is 251. The van der Waals surface area contributed by atoms with Crippen LogP contribution in [0.4, 0.5) is 5.95 Å². The van der Waals surface area contributed by atoms with Crippen molar-refractivity contribution in [3.63, 3.8) is 0 Å². The Labute approximate surface area is 74.7 Å². The van der Waals surface area contributed by atoms with Gasteiger partial charge in [0.1, 0.15) is 6.10 Å². The van der Waals surface area contributed by atoms with Crippen molar-refractivity contribution < 1.29 is 5.11 Å². The molecule has 1 aromatic rings. The Morgan fingerprint density at radius 1 is 1.75 bits per heavy atom. The highest BCUT2D eigenvalue weighted by molar-refractivity contribution is 6.21. The van der Waals surface area contributed by atoms with E-state index < -0.39 is 11.5 Å². The summed E-state index contributed by atoms with van der Waals surface area (Å²) >= 11 is 5.70. The van der Waals surface area contributed by atoms with Crippen LogP contribution in [-0.2, 0) is 0 Å². The number of aromatic amines is 1. The minimum atomic E-state index is -0.846. The number of nitrogens with zero attached hydrogens (tertiary/aromatic N) is 1. The highest BCUT2D eigenvalue weighted by atomic mass is 35.5. The predicted octanol–water partition coefficient (Wildman–Crippen LogP) is -0.409. The molecule has 0 amide bonds. The lowest BCUT2D eigenvalue weighted by molar-refractivity contribution is 0.170. The van der Waals surface area contributed by atoms with Gasteiger partial charge in [-0.1, -0.05) is 0 Å². The Morgan fingerprint density at radius 2 is 2.42 bits per heavy atom. The van der Waals surface area contributed by atoms with Crippen LogP contribution < -0.4 is 11.5 Å². The molecule has 6 heteroatoms. The lowest BCUT2D eigenvalue weighted by Crippen LogP contribution is -2.22. The van der Waals surface area contributed by atoms with Gasteiger partial charge in [0.05, 0.1) is 17.3 Å². The van der Waals surface area contributed by atoms with Crippen molar-refractivity contribution in [2.45, 2.75) is 11.5 Å². The SMILES string of the molecule is NCC(Cl)[C@@H](O)c1cnc(N)[nH]1. The Balaban J connectivity index is 2.70. The number of aromatic nitrogens is 2. The standard InChI is InChI=1S/C6H11ClN4O/c7-3(1-8)5(12)4-2-10-6(9)11-4/h2-3,5,12H,1,8H2,(H3,9,10,11)/t3?,5-/m1/s1. The van der Waals surface area contributed by atoms with Gasteiger partial charge < -0.3 is 21.6 Å². The van der Waals surface area contributed by atoms with Gasteiger partial charge in [-0.25, -0.2) is 4.98 Å². The summed E-state index contributed by atoms with van der Waals surface area (Å²) in [6.45, 7) is 0.196. The van der Waals surface area contributed by atoms with Crippen LogP contribution in [0.1, 0.15) is 11.8 Å². The van der Waals surface area contributed by atoms with Crippen molar-refractivity contribution in [1.82, 2.24) is 9.97 Å². The number of halogens is 1. The highest BCUT2D eigenvalue weighted by Gasteiger charge is 2.18. The maximum Gasteiger partial charge on any atom is 0.197 e. The molecule has 6 N–H and O–H groups in total. The molecule has 5 nitrogen and oxygen atoms in total. The summed E-state index contributed by atoms with van der Waals surface area (Å²) in [4.78, 5) is 6.38. The predicted molar refractivity (Wildman–Crippen MR) is 46.7 cm³/mol. The van der Waals surface area contributed by atoms with Gasteiger partial charge in [0.15, 0.2) is 5.95 Å². The third kappa shape index (κ3) is 1.88. The van der Waals surface area contributed by atoms with Crippen LogP contribution in [-0.4, -0.2) is 27.0 Å². The van der Waals surface area contributed by atoms with E-state index in [0.29, 0.717) is 5.69 Å². The fourth-order valence-corrected chi connectivity index (χ4v) is 0.961. The molecule has 0 saturated heterocycles. The number of nitrogens with one attached hydrogen (secondary N) is 1. The molecule has 0 fully saturated rings. The number of aliphatic hydroxyl groups is 1. The second-order valence-electron chi connectivity index (χ2n) is 2.42. The number of H-pyrrole nitrogens is 1. The maximum atomic E-state index is 9.46. The van der Waals surface area contributed by atoms with Gasteiger partial charge in [0.25, 0.3) is 0 Å². The van der Waals surface area contributed by atoms with Crippen LogP contribution in [0.3, 0.4) is 0 Å². The van der Waals surface area contributed by atoms with Crippen LogP contribution >= 0.6 is 11.6 Å². The van der Waals surface area contributed by atoms with Crippen LogP contribution in [0, 0.1) is 0 Å². The average Bonchev–Trinajstić information content (AvgIpc) is 2.49. The van der Waals surface area contributed by atoms with Crippen molar-refractivity contribution in [1.29, 1.82) is 0 Å². The zero-order valence-electron chi connectivity index (χ0n) is 6.37. The molecule has 0 aromatic carbocycles. The van der Waals surface area contributed by atoms with Crippen LogP contribution in [0.5, 0.6) is 0 Å². The van der Waals surface area contributed by atoms with Gasteiger partial charge in [0.2, 0.25) is 0 Å². The molecule has 0 aliphatic carbocycles. The number of hydrogen-bond acceptors (Lipinski definition) is 4. The maximum absolute atomic E-state index is 9.46. The number of nitrogen functional groups attached to an aromatic ring is 1. The van der Waals surface area contributed by atoms with E-state index in [2.05, 4.69) is 9.97 Å². The minimum absolute atomic E-state index is 0.196. The number of rotatable bonds is 3. The van der Waals surface area contributed by atoms with E-state index in [0.717, 1.165) is 0 Å². The number of anilines is 1. The van der Waals surface area contributed by atoms with E-state index in [-0.39, 0.29) is 12.5 Å². The molecule has 0 spiro atoms. The molecule has 1 unspecified atom stereocenters. The van der Waals surface area contributed by atoms with E-state index in [1.54, 1.807) is 0 Å². The van der Waals surface area contributed by atoms with Crippen molar-refractivity contribution in [2.24, 2.45) is 5.73 Å². The van der Waals surface area contributed by atoms with E-state index in [9.17, 15) is 5.11 Å². The number of aliphatic hydroxyl groups excluding tert-OH is 1. The number of hydrogen-bond donors (Lipinski definition) is 4. The molecule has 0 aliphatic rings. The third-order valence-corrected chi connectivity index (χ3v) is 1.92. The van der Waals surface area contributed by atoms with E-state index >= 15 is 0 Å². The molecular formula is C6H11ClN4O. The fraction of sp³-hybridized carbons (Fsp3) is 0.500. The highest BCUT2D eigenvalue weighted by Crippen LogP contribution is 2.18. The quantitative estimate of drug-likeness (QED) is 0.487. The van der Waals surface area contributed by atoms with Gasteiger partial charge in [-0.2, -0.15) is 0 Å². The molecule has 68 valence electrons. The molecule has 0 aliphatic heterocycles. The molecule has 1 aromatic heterocycles. The van der Waals surface area contributed by atoms with Gasteiger partial charge in [-0.3, -0.25) is 0 Å². The van der Waals surface area contributed by atoms with Crippen molar-refractivity contribution in [2.75, 3.05) is 12.3 Å². The van der Waals surface area contributed by atoms with Gasteiger partial charge >= 0.3 is 0 Å². The van der Waals surface area contributed by atoms with Crippen LogP contribution in [0.15, 0.2) is 6.20 Å². The summed E-state index contributed by atoms with van der Waals surface area (Å²) in [5.41, 5.74) is 11.0. The molecule has 0 radical (unpaired) electrons. The average molecular weight is 191 g/mol. The molecule has 12 heavy (non-hydrogen) atoms. The smallest absolute Gasteiger partial charge is 0.197 e. The first kappa shape index (κ1) is 9.31. The van der Waals surface area contributed by atoms with Gasteiger partial charge in [-0.05, 0) is 0 Å². The number of nitrogens with two attached hydrogens (primary N) is 2. The Kier molecular flexibility index (Phi) is 2.91. The van der Waals surface area contributed by atoms with Crippen molar-refractivity contribution >= 4 is 17.5 Å². The zero-order valence-corrected chi connectivity index (χ0v) is 7.12. The van der Waals surface area contributed by atoms with Crippen molar-refractivity contribution in [3.8, 4) is 0 Å². The van der Waals surface area contributed by atoms with Crippen molar-refractivity contribution in [3.05, 3.63) is 11.9 Å². The lowest BCUT2D eigenvalue weighted by atomic mass is 10.2. The Hall–Kier alpha value is -0.780.